The Morgan fingerprint density at radius 2 is 1.44 bits per heavy atom. The van der Waals surface area contributed by atoms with Gasteiger partial charge in [-0.15, -0.1) is 0 Å². The van der Waals surface area contributed by atoms with Crippen molar-refractivity contribution in [1.29, 1.82) is 0 Å². The van der Waals surface area contributed by atoms with Crippen molar-refractivity contribution in [2.24, 2.45) is 0 Å². The highest BCUT2D eigenvalue weighted by Crippen LogP contribution is 2.10. The number of likely N-dealkylation sites (N-methyl/N-ethyl adjacent to an activating group) is 1. The van der Waals surface area contributed by atoms with Crippen LogP contribution < -0.4 is 5.32 Å². The smallest absolute Gasteiger partial charge is 0.242 e. The SMILES string of the molecule is CNC(=O)[C@@H](C)N(CCc1ccccc1)C(=O)CCc1ccccc1. The van der Waals surface area contributed by atoms with E-state index in [1.807, 2.05) is 60.7 Å². The molecular weight excluding hydrogens is 312 g/mol. The van der Waals surface area contributed by atoms with Crippen LogP contribution in [0.2, 0.25) is 0 Å². The van der Waals surface area contributed by atoms with Crippen LogP contribution in [-0.2, 0) is 22.4 Å². The number of rotatable bonds is 8. The Morgan fingerprint density at radius 3 is 1.96 bits per heavy atom. The number of benzene rings is 2. The van der Waals surface area contributed by atoms with E-state index in [4.69, 9.17) is 0 Å². The van der Waals surface area contributed by atoms with Crippen LogP contribution in [0.25, 0.3) is 0 Å². The van der Waals surface area contributed by atoms with Crippen LogP contribution >= 0.6 is 0 Å². The Hall–Kier alpha value is -2.62. The summed E-state index contributed by atoms with van der Waals surface area (Å²) in [6.45, 7) is 2.32. The summed E-state index contributed by atoms with van der Waals surface area (Å²) in [5.41, 5.74) is 2.29. The van der Waals surface area contributed by atoms with Gasteiger partial charge in [-0.3, -0.25) is 9.59 Å². The molecule has 0 aliphatic carbocycles. The number of hydrogen-bond donors (Lipinski definition) is 1. The molecule has 0 spiro atoms. The number of carbonyl (C=O) groups is 2. The highest BCUT2D eigenvalue weighted by molar-refractivity contribution is 5.87. The fourth-order valence-corrected chi connectivity index (χ4v) is 2.82. The van der Waals surface area contributed by atoms with Crippen molar-refractivity contribution in [2.45, 2.75) is 32.2 Å². The molecule has 1 N–H and O–H groups in total. The van der Waals surface area contributed by atoms with Gasteiger partial charge in [-0.2, -0.15) is 0 Å². The fraction of sp³-hybridized carbons (Fsp3) is 0.333. The Kier molecular flexibility index (Phi) is 7.20. The molecule has 0 unspecified atom stereocenters. The number of aryl methyl sites for hydroxylation is 1. The minimum absolute atomic E-state index is 0.0101. The van der Waals surface area contributed by atoms with Gasteiger partial charge in [-0.25, -0.2) is 0 Å². The van der Waals surface area contributed by atoms with E-state index in [0.717, 1.165) is 17.5 Å². The van der Waals surface area contributed by atoms with Gasteiger partial charge in [-0.1, -0.05) is 60.7 Å². The van der Waals surface area contributed by atoms with Gasteiger partial charge in [0.2, 0.25) is 11.8 Å². The minimum atomic E-state index is -0.475. The lowest BCUT2D eigenvalue weighted by Crippen LogP contribution is -2.48. The normalized spacial score (nSPS) is 11.6. The molecule has 0 radical (unpaired) electrons. The molecule has 0 saturated carbocycles. The lowest BCUT2D eigenvalue weighted by molar-refractivity contribution is -0.139. The highest BCUT2D eigenvalue weighted by Gasteiger charge is 2.24. The van der Waals surface area contributed by atoms with Gasteiger partial charge in [0.25, 0.3) is 0 Å². The molecule has 0 saturated heterocycles. The molecule has 2 aromatic rings. The number of carbonyl (C=O) groups excluding carboxylic acids is 2. The van der Waals surface area contributed by atoms with Crippen molar-refractivity contribution in [3.63, 3.8) is 0 Å². The Bertz CT molecular complexity index is 671. The van der Waals surface area contributed by atoms with Gasteiger partial charge < -0.3 is 10.2 Å². The number of amides is 2. The van der Waals surface area contributed by atoms with Gasteiger partial charge in [0.15, 0.2) is 0 Å². The molecule has 2 rings (SSSR count). The number of nitrogens with one attached hydrogen (secondary N) is 1. The summed E-state index contributed by atoms with van der Waals surface area (Å²) < 4.78 is 0. The third-order valence-electron chi connectivity index (χ3n) is 4.37. The third-order valence-corrected chi connectivity index (χ3v) is 4.37. The molecule has 0 heterocycles. The second kappa shape index (κ2) is 9.62. The van der Waals surface area contributed by atoms with Crippen LogP contribution in [0.1, 0.15) is 24.5 Å². The summed E-state index contributed by atoms with van der Waals surface area (Å²) in [5, 5.41) is 2.64. The molecule has 4 heteroatoms. The van der Waals surface area contributed by atoms with Crippen molar-refractivity contribution in [3.05, 3.63) is 71.8 Å². The molecule has 0 aliphatic heterocycles. The first-order chi connectivity index (χ1) is 12.1. The van der Waals surface area contributed by atoms with Gasteiger partial charge in [0.1, 0.15) is 6.04 Å². The fourth-order valence-electron chi connectivity index (χ4n) is 2.82. The van der Waals surface area contributed by atoms with Crippen molar-refractivity contribution in [3.8, 4) is 0 Å². The summed E-state index contributed by atoms with van der Waals surface area (Å²) in [4.78, 5) is 26.5. The zero-order valence-electron chi connectivity index (χ0n) is 14.9. The Balaban J connectivity index is 2.01. The van der Waals surface area contributed by atoms with Crippen LogP contribution in [-0.4, -0.2) is 36.3 Å². The summed E-state index contributed by atoms with van der Waals surface area (Å²) in [5.74, 6) is -0.128. The van der Waals surface area contributed by atoms with Gasteiger partial charge >= 0.3 is 0 Å². The first-order valence-corrected chi connectivity index (χ1v) is 8.70. The predicted molar refractivity (Wildman–Crippen MR) is 100 cm³/mol. The second-order valence-electron chi connectivity index (χ2n) is 6.10. The maximum absolute atomic E-state index is 12.7. The zero-order chi connectivity index (χ0) is 18.1. The van der Waals surface area contributed by atoms with Crippen LogP contribution in [0, 0.1) is 0 Å². The van der Waals surface area contributed by atoms with Crippen molar-refractivity contribution in [2.75, 3.05) is 13.6 Å². The van der Waals surface area contributed by atoms with E-state index >= 15 is 0 Å². The lowest BCUT2D eigenvalue weighted by atomic mass is 10.1. The van der Waals surface area contributed by atoms with E-state index < -0.39 is 6.04 Å². The standard InChI is InChI=1S/C21H26N2O2/c1-17(21(25)22-2)23(16-15-19-11-7-4-8-12-19)20(24)14-13-18-9-5-3-6-10-18/h3-12,17H,13-16H2,1-2H3,(H,22,25)/t17-/m1/s1. The molecule has 1 atom stereocenters. The van der Waals surface area contributed by atoms with Crippen molar-refractivity contribution < 1.29 is 9.59 Å². The summed E-state index contributed by atoms with van der Waals surface area (Å²) in [6.07, 6.45) is 1.82. The Labute approximate surface area is 149 Å². The summed E-state index contributed by atoms with van der Waals surface area (Å²) in [7, 11) is 1.60. The first-order valence-electron chi connectivity index (χ1n) is 8.70. The molecular formula is C21H26N2O2. The largest absolute Gasteiger partial charge is 0.357 e. The average Bonchev–Trinajstić information content (AvgIpc) is 2.67. The Morgan fingerprint density at radius 1 is 0.920 bits per heavy atom. The lowest BCUT2D eigenvalue weighted by Gasteiger charge is -2.28. The summed E-state index contributed by atoms with van der Waals surface area (Å²) in [6, 6.07) is 19.5. The van der Waals surface area contributed by atoms with Crippen molar-refractivity contribution >= 4 is 11.8 Å². The van der Waals surface area contributed by atoms with Crippen LogP contribution in [0.5, 0.6) is 0 Å². The van der Waals surface area contributed by atoms with Crippen LogP contribution in [0.15, 0.2) is 60.7 Å². The van der Waals surface area contributed by atoms with Crippen LogP contribution in [0.3, 0.4) is 0 Å². The van der Waals surface area contributed by atoms with E-state index in [-0.39, 0.29) is 11.8 Å². The molecule has 0 fully saturated rings. The van der Waals surface area contributed by atoms with Gasteiger partial charge in [0.05, 0.1) is 0 Å². The molecule has 132 valence electrons. The third kappa shape index (κ3) is 5.75. The quantitative estimate of drug-likeness (QED) is 0.805. The molecule has 4 nitrogen and oxygen atoms in total. The molecule has 25 heavy (non-hydrogen) atoms. The second-order valence-corrected chi connectivity index (χ2v) is 6.10. The maximum Gasteiger partial charge on any atom is 0.242 e. The van der Waals surface area contributed by atoms with E-state index in [1.54, 1.807) is 18.9 Å². The molecule has 0 bridgehead atoms. The van der Waals surface area contributed by atoms with E-state index in [9.17, 15) is 9.59 Å². The summed E-state index contributed by atoms with van der Waals surface area (Å²) >= 11 is 0. The van der Waals surface area contributed by atoms with Crippen molar-refractivity contribution in [1.82, 2.24) is 10.2 Å². The first kappa shape index (κ1) is 18.7. The number of nitrogens with zero attached hydrogens (tertiary/aromatic N) is 1. The molecule has 2 aromatic carbocycles. The van der Waals surface area contributed by atoms with E-state index in [2.05, 4.69) is 5.32 Å². The van der Waals surface area contributed by atoms with E-state index in [0.29, 0.717) is 19.4 Å². The topological polar surface area (TPSA) is 49.4 Å². The minimum Gasteiger partial charge on any atom is -0.357 e. The number of hydrogen-bond acceptors (Lipinski definition) is 2. The zero-order valence-corrected chi connectivity index (χ0v) is 14.9. The van der Waals surface area contributed by atoms with E-state index in [1.165, 1.54) is 0 Å². The average molecular weight is 338 g/mol. The predicted octanol–water partition coefficient (Wildman–Crippen LogP) is 2.83. The van der Waals surface area contributed by atoms with Gasteiger partial charge in [0, 0.05) is 20.0 Å². The molecule has 2 amide bonds. The highest BCUT2D eigenvalue weighted by atomic mass is 16.2. The monoisotopic (exact) mass is 338 g/mol. The van der Waals surface area contributed by atoms with Crippen LogP contribution in [0.4, 0.5) is 0 Å². The molecule has 0 aromatic heterocycles. The maximum atomic E-state index is 12.7. The molecule has 0 aliphatic rings. The van der Waals surface area contributed by atoms with Gasteiger partial charge in [-0.05, 0) is 30.9 Å².